The second-order valence-electron chi connectivity index (χ2n) is 7.16. The first kappa shape index (κ1) is 21.0. The minimum absolute atomic E-state index is 0.0588. The maximum absolute atomic E-state index is 12.8. The number of hydrogen-bond acceptors (Lipinski definition) is 5. The smallest absolute Gasteiger partial charge is 0.319 e. The van der Waals surface area contributed by atoms with Gasteiger partial charge in [0.2, 0.25) is 5.91 Å². The fraction of sp³-hybridized carbons (Fsp3) is 0.286. The molecule has 0 saturated heterocycles. The van der Waals surface area contributed by atoms with Crippen molar-refractivity contribution in [2.24, 2.45) is 0 Å². The van der Waals surface area contributed by atoms with Gasteiger partial charge in [0.05, 0.1) is 0 Å². The molecular formula is C21H25N7O2. The average Bonchev–Trinajstić information content (AvgIpc) is 3.26. The zero-order chi connectivity index (χ0) is 21.3. The van der Waals surface area contributed by atoms with E-state index in [4.69, 9.17) is 0 Å². The Kier molecular flexibility index (Phi) is 7.09. The molecule has 1 aromatic heterocycles. The normalized spacial score (nSPS) is 11.7. The molecule has 0 aliphatic carbocycles. The number of hydrogen-bond donors (Lipinski definition) is 3. The Balaban J connectivity index is 1.59. The van der Waals surface area contributed by atoms with Gasteiger partial charge in [-0.15, -0.1) is 5.10 Å². The monoisotopic (exact) mass is 407 g/mol. The van der Waals surface area contributed by atoms with Crippen molar-refractivity contribution in [3.63, 3.8) is 0 Å². The van der Waals surface area contributed by atoms with Crippen molar-refractivity contribution in [2.75, 3.05) is 5.32 Å². The van der Waals surface area contributed by atoms with Crippen LogP contribution in [0, 0.1) is 0 Å². The van der Waals surface area contributed by atoms with Crippen LogP contribution in [-0.2, 0) is 17.8 Å². The predicted octanol–water partition coefficient (Wildman–Crippen LogP) is 2.30. The SMILES string of the molecule is CC(C)NC(=O)Nc1ccc(CNC(=O)C(Cc2ccccc2)n2cnnn2)cc1. The Morgan fingerprint density at radius 1 is 1.00 bits per heavy atom. The maximum atomic E-state index is 12.8. The van der Waals surface area contributed by atoms with E-state index in [0.717, 1.165) is 11.1 Å². The minimum Gasteiger partial charge on any atom is -0.350 e. The fourth-order valence-corrected chi connectivity index (χ4v) is 2.90. The summed E-state index contributed by atoms with van der Waals surface area (Å²) in [5.41, 5.74) is 2.61. The number of anilines is 1. The first-order valence-electron chi connectivity index (χ1n) is 9.72. The molecule has 30 heavy (non-hydrogen) atoms. The maximum Gasteiger partial charge on any atom is 0.319 e. The number of carbonyl (C=O) groups excluding carboxylic acids is 2. The topological polar surface area (TPSA) is 114 Å². The standard InChI is InChI=1S/C21H25N7O2/c1-15(2)24-21(30)25-18-10-8-17(9-11-18)13-22-20(29)19(28-14-23-26-27-28)12-16-6-4-3-5-7-16/h3-11,14-15,19H,12-13H2,1-2H3,(H,22,29)(H2,24,25,30). The van der Waals surface area contributed by atoms with E-state index in [1.54, 1.807) is 12.1 Å². The summed E-state index contributed by atoms with van der Waals surface area (Å²) in [5, 5.41) is 19.7. The second kappa shape index (κ2) is 10.1. The van der Waals surface area contributed by atoms with Gasteiger partial charge in [-0.05, 0) is 47.5 Å². The van der Waals surface area contributed by atoms with Crippen molar-refractivity contribution >= 4 is 17.6 Å². The molecule has 3 aromatic rings. The highest BCUT2D eigenvalue weighted by molar-refractivity contribution is 5.89. The van der Waals surface area contributed by atoms with E-state index in [1.165, 1.54) is 11.0 Å². The third kappa shape index (κ3) is 6.13. The van der Waals surface area contributed by atoms with Crippen LogP contribution in [0.4, 0.5) is 10.5 Å². The number of nitrogens with one attached hydrogen (secondary N) is 3. The van der Waals surface area contributed by atoms with Crippen molar-refractivity contribution in [3.05, 3.63) is 72.1 Å². The van der Waals surface area contributed by atoms with Crippen LogP contribution in [0.25, 0.3) is 0 Å². The molecule has 1 unspecified atom stereocenters. The number of benzene rings is 2. The van der Waals surface area contributed by atoms with Crippen LogP contribution in [0.3, 0.4) is 0 Å². The summed E-state index contributed by atoms with van der Waals surface area (Å²) in [5.74, 6) is -0.176. The van der Waals surface area contributed by atoms with Gasteiger partial charge in [-0.3, -0.25) is 4.79 Å². The number of aromatic nitrogens is 4. The number of tetrazole rings is 1. The highest BCUT2D eigenvalue weighted by Gasteiger charge is 2.22. The lowest BCUT2D eigenvalue weighted by Crippen LogP contribution is -2.34. The van der Waals surface area contributed by atoms with Gasteiger partial charge in [0.1, 0.15) is 12.4 Å². The van der Waals surface area contributed by atoms with E-state index in [2.05, 4.69) is 31.5 Å². The molecule has 1 atom stereocenters. The first-order valence-corrected chi connectivity index (χ1v) is 9.72. The van der Waals surface area contributed by atoms with E-state index in [0.29, 0.717) is 18.7 Å². The van der Waals surface area contributed by atoms with E-state index < -0.39 is 6.04 Å². The largest absolute Gasteiger partial charge is 0.350 e. The third-order valence-electron chi connectivity index (χ3n) is 4.36. The second-order valence-corrected chi connectivity index (χ2v) is 7.16. The third-order valence-corrected chi connectivity index (χ3v) is 4.36. The molecule has 9 heteroatoms. The van der Waals surface area contributed by atoms with E-state index in [9.17, 15) is 9.59 Å². The lowest BCUT2D eigenvalue weighted by atomic mass is 10.1. The molecule has 0 radical (unpaired) electrons. The van der Waals surface area contributed by atoms with Crippen molar-refractivity contribution in [2.45, 2.75) is 38.9 Å². The van der Waals surface area contributed by atoms with Crippen molar-refractivity contribution in [3.8, 4) is 0 Å². The van der Waals surface area contributed by atoms with Crippen molar-refractivity contribution in [1.82, 2.24) is 30.8 Å². The predicted molar refractivity (Wildman–Crippen MR) is 113 cm³/mol. The minimum atomic E-state index is -0.553. The molecule has 3 N–H and O–H groups in total. The zero-order valence-electron chi connectivity index (χ0n) is 16.9. The van der Waals surface area contributed by atoms with E-state index in [1.807, 2.05) is 56.3 Å². The van der Waals surface area contributed by atoms with Crippen LogP contribution in [0.5, 0.6) is 0 Å². The van der Waals surface area contributed by atoms with Crippen LogP contribution in [0.15, 0.2) is 60.9 Å². The summed E-state index contributed by atoms with van der Waals surface area (Å²) < 4.78 is 1.46. The van der Waals surface area contributed by atoms with Crippen LogP contribution < -0.4 is 16.0 Å². The number of amides is 3. The van der Waals surface area contributed by atoms with Gasteiger partial charge >= 0.3 is 6.03 Å². The molecule has 0 aliphatic rings. The zero-order valence-corrected chi connectivity index (χ0v) is 16.9. The van der Waals surface area contributed by atoms with Gasteiger partial charge < -0.3 is 16.0 Å². The van der Waals surface area contributed by atoms with Crippen LogP contribution in [0.1, 0.15) is 31.0 Å². The molecule has 3 rings (SSSR count). The molecular weight excluding hydrogens is 382 g/mol. The molecule has 0 spiro atoms. The Morgan fingerprint density at radius 3 is 2.37 bits per heavy atom. The van der Waals surface area contributed by atoms with Gasteiger partial charge in [-0.25, -0.2) is 9.48 Å². The van der Waals surface area contributed by atoms with Crippen LogP contribution in [0.2, 0.25) is 0 Å². The van der Waals surface area contributed by atoms with Crippen molar-refractivity contribution in [1.29, 1.82) is 0 Å². The Bertz CT molecular complexity index is 941. The molecule has 2 aromatic carbocycles. The highest BCUT2D eigenvalue weighted by atomic mass is 16.2. The van der Waals surface area contributed by atoms with Crippen molar-refractivity contribution < 1.29 is 9.59 Å². The molecule has 156 valence electrons. The molecule has 9 nitrogen and oxygen atoms in total. The molecule has 0 fully saturated rings. The molecule has 0 bridgehead atoms. The summed E-state index contributed by atoms with van der Waals surface area (Å²) in [6.07, 6.45) is 1.92. The molecule has 3 amide bonds. The summed E-state index contributed by atoms with van der Waals surface area (Å²) >= 11 is 0. The van der Waals surface area contributed by atoms with Crippen LogP contribution in [-0.4, -0.2) is 38.2 Å². The Labute approximate surface area is 174 Å². The summed E-state index contributed by atoms with van der Waals surface area (Å²) in [7, 11) is 0. The van der Waals surface area contributed by atoms with E-state index in [-0.39, 0.29) is 18.0 Å². The number of rotatable bonds is 8. The highest BCUT2D eigenvalue weighted by Crippen LogP contribution is 2.14. The Hall–Kier alpha value is -3.75. The van der Waals surface area contributed by atoms with Crippen LogP contribution >= 0.6 is 0 Å². The van der Waals surface area contributed by atoms with Gasteiger partial charge in [0, 0.05) is 24.7 Å². The molecule has 0 saturated carbocycles. The summed E-state index contributed by atoms with van der Waals surface area (Å²) in [6.45, 7) is 4.14. The average molecular weight is 407 g/mol. The van der Waals surface area contributed by atoms with E-state index >= 15 is 0 Å². The first-order chi connectivity index (χ1) is 14.5. The van der Waals surface area contributed by atoms with Gasteiger partial charge in [0.25, 0.3) is 0 Å². The van der Waals surface area contributed by atoms with Gasteiger partial charge in [-0.1, -0.05) is 42.5 Å². The number of carbonyl (C=O) groups is 2. The molecule has 0 aliphatic heterocycles. The lowest BCUT2D eigenvalue weighted by Gasteiger charge is -2.16. The van der Waals surface area contributed by atoms with Gasteiger partial charge in [-0.2, -0.15) is 0 Å². The summed E-state index contributed by atoms with van der Waals surface area (Å²) in [6, 6.07) is 16.3. The molecule has 1 heterocycles. The number of urea groups is 1. The fourth-order valence-electron chi connectivity index (χ4n) is 2.90. The lowest BCUT2D eigenvalue weighted by molar-refractivity contribution is -0.124. The quantitative estimate of drug-likeness (QED) is 0.530. The number of nitrogens with zero attached hydrogens (tertiary/aromatic N) is 4. The summed E-state index contributed by atoms with van der Waals surface area (Å²) in [4.78, 5) is 24.6. The Morgan fingerprint density at radius 2 is 1.73 bits per heavy atom. The van der Waals surface area contributed by atoms with Gasteiger partial charge in [0.15, 0.2) is 0 Å².